The highest BCUT2D eigenvalue weighted by Gasteiger charge is 2.11. The van der Waals surface area contributed by atoms with Crippen molar-refractivity contribution >= 4 is 26.5 Å². The molecule has 0 aliphatic carbocycles. The van der Waals surface area contributed by atoms with Gasteiger partial charge in [0.1, 0.15) is 5.51 Å². The first-order valence-corrected chi connectivity index (χ1v) is 7.03. The topological polar surface area (TPSA) is 84.0 Å². The number of nitrogens with one attached hydrogen (secondary N) is 2. The minimum atomic E-state index is -3.30. The first kappa shape index (κ1) is 12.3. The molecule has 15 heavy (non-hydrogen) atoms. The zero-order valence-electron chi connectivity index (χ0n) is 8.60. The van der Waals surface area contributed by atoms with Gasteiger partial charge in [-0.2, -0.15) is 0 Å². The fraction of sp³-hybridized carbons (Fsp3) is 0.714. The Hall–Kier alpha value is -0.730. The number of sulfonamides is 1. The highest BCUT2D eigenvalue weighted by atomic mass is 32.2. The van der Waals surface area contributed by atoms with Crippen LogP contribution in [0.25, 0.3) is 0 Å². The normalized spacial score (nSPS) is 11.9. The third-order valence-electron chi connectivity index (χ3n) is 1.53. The molecular formula is C7H14N4O2S2. The predicted molar refractivity (Wildman–Crippen MR) is 60.5 cm³/mol. The standard InChI is InChI=1S/C7H14N4O2S2/c1-6(2)8-3-4-15(12,13)11-7-10-9-5-14-7/h5-6,8H,3-4H2,1-2H3,(H,10,11). The average molecular weight is 250 g/mol. The molecule has 8 heteroatoms. The van der Waals surface area contributed by atoms with Crippen LogP contribution in [0.2, 0.25) is 0 Å². The number of hydrogen-bond acceptors (Lipinski definition) is 6. The summed E-state index contributed by atoms with van der Waals surface area (Å²) in [6.45, 7) is 4.35. The van der Waals surface area contributed by atoms with Gasteiger partial charge in [-0.1, -0.05) is 25.2 Å². The molecule has 86 valence electrons. The maximum Gasteiger partial charge on any atom is 0.235 e. The summed E-state index contributed by atoms with van der Waals surface area (Å²) in [6.07, 6.45) is 0. The monoisotopic (exact) mass is 250 g/mol. The van der Waals surface area contributed by atoms with Crippen molar-refractivity contribution in [3.63, 3.8) is 0 Å². The molecule has 0 saturated heterocycles. The number of rotatable bonds is 6. The van der Waals surface area contributed by atoms with Gasteiger partial charge in [0, 0.05) is 12.6 Å². The molecule has 1 rings (SSSR count). The fourth-order valence-corrected chi connectivity index (χ4v) is 2.54. The van der Waals surface area contributed by atoms with Gasteiger partial charge in [0.15, 0.2) is 0 Å². The van der Waals surface area contributed by atoms with Crippen LogP contribution in [0.1, 0.15) is 13.8 Å². The molecule has 0 aliphatic heterocycles. The van der Waals surface area contributed by atoms with Crippen LogP contribution >= 0.6 is 11.3 Å². The maximum atomic E-state index is 11.5. The number of aromatic nitrogens is 2. The third kappa shape index (κ3) is 5.05. The fourth-order valence-electron chi connectivity index (χ4n) is 0.884. The Morgan fingerprint density at radius 2 is 2.27 bits per heavy atom. The van der Waals surface area contributed by atoms with Crippen molar-refractivity contribution in [3.05, 3.63) is 5.51 Å². The molecule has 1 aromatic rings. The Labute approximate surface area is 93.2 Å². The quantitative estimate of drug-likeness (QED) is 0.757. The lowest BCUT2D eigenvalue weighted by Gasteiger charge is -2.08. The SMILES string of the molecule is CC(C)NCCS(=O)(=O)Nc1nncs1. The van der Waals surface area contributed by atoms with E-state index in [9.17, 15) is 8.42 Å². The van der Waals surface area contributed by atoms with E-state index in [4.69, 9.17) is 0 Å². The summed E-state index contributed by atoms with van der Waals surface area (Å²) < 4.78 is 25.3. The summed E-state index contributed by atoms with van der Waals surface area (Å²) >= 11 is 1.16. The summed E-state index contributed by atoms with van der Waals surface area (Å²) in [5, 5.41) is 10.5. The first-order chi connectivity index (χ1) is 6.99. The van der Waals surface area contributed by atoms with Crippen molar-refractivity contribution < 1.29 is 8.42 Å². The van der Waals surface area contributed by atoms with Crippen molar-refractivity contribution in [3.8, 4) is 0 Å². The van der Waals surface area contributed by atoms with Gasteiger partial charge in [-0.25, -0.2) is 8.42 Å². The molecule has 0 aromatic carbocycles. The summed E-state index contributed by atoms with van der Waals surface area (Å²) in [5.41, 5.74) is 1.48. The lowest BCUT2D eigenvalue weighted by atomic mass is 10.4. The van der Waals surface area contributed by atoms with Crippen LogP contribution in [0.15, 0.2) is 5.51 Å². The Bertz CT molecular complexity index is 374. The van der Waals surface area contributed by atoms with Gasteiger partial charge in [0.05, 0.1) is 5.75 Å². The minimum absolute atomic E-state index is 0.0325. The van der Waals surface area contributed by atoms with Gasteiger partial charge in [-0.15, -0.1) is 10.2 Å². The lowest BCUT2D eigenvalue weighted by molar-refractivity contribution is 0.582. The summed E-state index contributed by atoms with van der Waals surface area (Å²) in [5.74, 6) is 0.0325. The van der Waals surface area contributed by atoms with Crippen LogP contribution in [0.3, 0.4) is 0 Å². The van der Waals surface area contributed by atoms with Gasteiger partial charge >= 0.3 is 0 Å². The Morgan fingerprint density at radius 1 is 1.53 bits per heavy atom. The van der Waals surface area contributed by atoms with Crippen molar-refractivity contribution in [2.45, 2.75) is 19.9 Å². The second-order valence-electron chi connectivity index (χ2n) is 3.27. The van der Waals surface area contributed by atoms with E-state index in [0.29, 0.717) is 11.7 Å². The maximum absolute atomic E-state index is 11.5. The van der Waals surface area contributed by atoms with Crippen LogP contribution in [0.5, 0.6) is 0 Å². The van der Waals surface area contributed by atoms with Gasteiger partial charge in [-0.05, 0) is 0 Å². The molecule has 0 spiro atoms. The Balaban J connectivity index is 2.39. The number of nitrogens with zero attached hydrogens (tertiary/aromatic N) is 2. The summed E-state index contributed by atoms with van der Waals surface area (Å²) in [4.78, 5) is 0. The van der Waals surface area contributed by atoms with E-state index >= 15 is 0 Å². The molecule has 2 N–H and O–H groups in total. The first-order valence-electron chi connectivity index (χ1n) is 4.49. The molecule has 0 aliphatic rings. The second-order valence-corrected chi connectivity index (χ2v) is 5.95. The summed E-state index contributed by atoms with van der Waals surface area (Å²) in [7, 11) is -3.30. The molecular weight excluding hydrogens is 236 g/mol. The Morgan fingerprint density at radius 3 is 2.80 bits per heavy atom. The molecule has 1 heterocycles. The molecule has 0 atom stereocenters. The van der Waals surface area contributed by atoms with Crippen molar-refractivity contribution in [2.75, 3.05) is 17.0 Å². The van der Waals surface area contributed by atoms with Crippen LogP contribution < -0.4 is 10.0 Å². The molecule has 0 bridgehead atoms. The van der Waals surface area contributed by atoms with E-state index in [1.54, 1.807) is 0 Å². The van der Waals surface area contributed by atoms with Crippen LogP contribution in [0.4, 0.5) is 5.13 Å². The zero-order chi connectivity index (χ0) is 11.3. The number of hydrogen-bond donors (Lipinski definition) is 2. The molecule has 6 nitrogen and oxygen atoms in total. The van der Waals surface area contributed by atoms with Crippen LogP contribution in [-0.4, -0.2) is 37.0 Å². The summed E-state index contributed by atoms with van der Waals surface area (Å²) in [6, 6.07) is 0.279. The van der Waals surface area contributed by atoms with Gasteiger partial charge in [-0.3, -0.25) is 4.72 Å². The van der Waals surface area contributed by atoms with Crippen molar-refractivity contribution in [2.24, 2.45) is 0 Å². The molecule has 0 saturated carbocycles. The van der Waals surface area contributed by atoms with Crippen molar-refractivity contribution in [1.29, 1.82) is 0 Å². The minimum Gasteiger partial charge on any atom is -0.313 e. The van der Waals surface area contributed by atoms with E-state index in [1.165, 1.54) is 5.51 Å². The highest BCUT2D eigenvalue weighted by molar-refractivity contribution is 7.92. The van der Waals surface area contributed by atoms with Crippen molar-refractivity contribution in [1.82, 2.24) is 15.5 Å². The molecule has 0 amide bonds. The van der Waals surface area contributed by atoms with Gasteiger partial charge < -0.3 is 5.32 Å². The van der Waals surface area contributed by atoms with Gasteiger partial charge in [0.25, 0.3) is 0 Å². The largest absolute Gasteiger partial charge is 0.313 e. The van der Waals surface area contributed by atoms with E-state index < -0.39 is 10.0 Å². The third-order valence-corrected chi connectivity index (χ3v) is 3.51. The molecule has 0 unspecified atom stereocenters. The number of anilines is 1. The molecule has 0 radical (unpaired) electrons. The lowest BCUT2D eigenvalue weighted by Crippen LogP contribution is -2.30. The predicted octanol–water partition coefficient (Wildman–Crippen LogP) is 0.278. The smallest absolute Gasteiger partial charge is 0.235 e. The van der Waals surface area contributed by atoms with E-state index in [1.807, 2.05) is 13.8 Å². The van der Waals surface area contributed by atoms with E-state index in [0.717, 1.165) is 11.3 Å². The zero-order valence-corrected chi connectivity index (χ0v) is 10.2. The molecule has 0 fully saturated rings. The molecule has 1 aromatic heterocycles. The second kappa shape index (κ2) is 5.38. The van der Waals surface area contributed by atoms with Gasteiger partial charge in [0.2, 0.25) is 15.2 Å². The highest BCUT2D eigenvalue weighted by Crippen LogP contribution is 2.09. The van der Waals surface area contributed by atoms with E-state index in [-0.39, 0.29) is 11.8 Å². The van der Waals surface area contributed by atoms with Crippen LogP contribution in [0, 0.1) is 0 Å². The van der Waals surface area contributed by atoms with Crippen LogP contribution in [-0.2, 0) is 10.0 Å². The Kier molecular flexibility index (Phi) is 4.43. The van der Waals surface area contributed by atoms with E-state index in [2.05, 4.69) is 20.2 Å². The average Bonchev–Trinajstić information content (AvgIpc) is 2.54.